The van der Waals surface area contributed by atoms with E-state index in [1.54, 1.807) is 0 Å². The summed E-state index contributed by atoms with van der Waals surface area (Å²) in [7, 11) is -2.30. The van der Waals surface area contributed by atoms with Gasteiger partial charge >= 0.3 is 0 Å². The van der Waals surface area contributed by atoms with Crippen LogP contribution in [0.15, 0.2) is 78.9 Å². The predicted octanol–water partition coefficient (Wildman–Crippen LogP) is 3.03. The first kappa shape index (κ1) is 30.2. The number of hydrogen-bond donors (Lipinski definition) is 4. The highest BCUT2D eigenvalue weighted by Gasteiger charge is 2.31. The third-order valence-corrected chi connectivity index (χ3v) is 8.69. The Morgan fingerprint density at radius 1 is 0.976 bits per heavy atom. The molecule has 3 aromatic rings. The first-order valence-electron chi connectivity index (χ1n) is 13.7. The predicted molar refractivity (Wildman–Crippen MR) is 160 cm³/mol. The Hall–Kier alpha value is -3.73. The molecule has 1 aliphatic rings. The summed E-state index contributed by atoms with van der Waals surface area (Å²) in [5.74, 6) is -0.966. The van der Waals surface area contributed by atoms with Crippen molar-refractivity contribution in [2.75, 3.05) is 24.2 Å². The molecule has 10 heteroatoms. The monoisotopic (exact) mass is 578 g/mol. The summed E-state index contributed by atoms with van der Waals surface area (Å²) in [4.78, 5) is 27.0. The molecule has 2 unspecified atom stereocenters. The Labute approximate surface area is 242 Å². The average Bonchev–Trinajstić information content (AvgIpc) is 3.51. The van der Waals surface area contributed by atoms with Crippen molar-refractivity contribution < 1.29 is 23.1 Å². The van der Waals surface area contributed by atoms with Gasteiger partial charge < -0.3 is 21.1 Å². The van der Waals surface area contributed by atoms with Gasteiger partial charge in [0.2, 0.25) is 10.0 Å². The summed E-state index contributed by atoms with van der Waals surface area (Å²) < 4.78 is 25.7. The summed E-state index contributed by atoms with van der Waals surface area (Å²) in [6.45, 7) is 2.65. The zero-order valence-electron chi connectivity index (χ0n) is 23.6. The normalized spacial score (nSPS) is 17.3. The Morgan fingerprint density at radius 2 is 1.56 bits per heavy atom. The molecule has 1 fully saturated rings. The number of sulfonamides is 1. The number of rotatable bonds is 11. The SMILES string of the molecule is C[C@@H](NC(=O)c1cc(C(=O)NC(Cc2ccccc2)C(O)[C@H]2CCCN2)cc(N(C)S(C)(=O)=O)c1)c1ccccc1. The molecule has 1 saturated heterocycles. The highest BCUT2D eigenvalue weighted by Crippen LogP contribution is 2.23. The van der Waals surface area contributed by atoms with E-state index in [0.29, 0.717) is 6.42 Å². The summed E-state index contributed by atoms with van der Waals surface area (Å²) in [6.07, 6.45) is 2.33. The summed E-state index contributed by atoms with van der Waals surface area (Å²) in [6, 6.07) is 22.3. The fourth-order valence-corrected chi connectivity index (χ4v) is 5.50. The van der Waals surface area contributed by atoms with Crippen LogP contribution in [0.2, 0.25) is 0 Å². The van der Waals surface area contributed by atoms with Crippen LogP contribution < -0.4 is 20.3 Å². The van der Waals surface area contributed by atoms with E-state index in [4.69, 9.17) is 0 Å². The summed E-state index contributed by atoms with van der Waals surface area (Å²) in [5.41, 5.74) is 2.29. The third-order valence-electron chi connectivity index (χ3n) is 7.49. The lowest BCUT2D eigenvalue weighted by Gasteiger charge is -2.29. The van der Waals surface area contributed by atoms with Crippen molar-refractivity contribution in [1.29, 1.82) is 0 Å². The molecule has 0 aromatic heterocycles. The highest BCUT2D eigenvalue weighted by molar-refractivity contribution is 7.92. The van der Waals surface area contributed by atoms with E-state index in [1.807, 2.05) is 67.6 Å². The van der Waals surface area contributed by atoms with Crippen molar-refractivity contribution in [3.05, 3.63) is 101 Å². The minimum absolute atomic E-state index is 0.111. The van der Waals surface area contributed by atoms with Gasteiger partial charge in [0.15, 0.2) is 0 Å². The van der Waals surface area contributed by atoms with Crippen molar-refractivity contribution in [3.63, 3.8) is 0 Å². The van der Waals surface area contributed by atoms with Crippen LogP contribution in [-0.4, -0.2) is 63.4 Å². The van der Waals surface area contributed by atoms with Gasteiger partial charge in [0.1, 0.15) is 0 Å². The summed E-state index contributed by atoms with van der Waals surface area (Å²) >= 11 is 0. The van der Waals surface area contributed by atoms with Crippen LogP contribution >= 0.6 is 0 Å². The van der Waals surface area contributed by atoms with Crippen LogP contribution in [0.4, 0.5) is 5.69 Å². The third kappa shape index (κ3) is 7.93. The van der Waals surface area contributed by atoms with Crippen LogP contribution in [0.5, 0.6) is 0 Å². The lowest BCUT2D eigenvalue weighted by molar-refractivity contribution is 0.0738. The number of carbonyl (C=O) groups excluding carboxylic acids is 2. The topological polar surface area (TPSA) is 128 Å². The van der Waals surface area contributed by atoms with E-state index in [1.165, 1.54) is 25.2 Å². The minimum Gasteiger partial charge on any atom is -0.389 e. The maximum Gasteiger partial charge on any atom is 0.251 e. The van der Waals surface area contributed by atoms with Crippen molar-refractivity contribution in [3.8, 4) is 0 Å². The number of amides is 2. The molecule has 2 amide bonds. The van der Waals surface area contributed by atoms with Crippen molar-refractivity contribution in [2.24, 2.45) is 0 Å². The Bertz CT molecular complexity index is 1440. The van der Waals surface area contributed by atoms with Gasteiger partial charge in [-0.2, -0.15) is 0 Å². The first-order valence-corrected chi connectivity index (χ1v) is 15.6. The number of anilines is 1. The number of nitrogens with zero attached hydrogens (tertiary/aromatic N) is 1. The summed E-state index contributed by atoms with van der Waals surface area (Å²) in [5, 5.41) is 20.4. The quantitative estimate of drug-likeness (QED) is 0.277. The molecule has 1 aliphatic heterocycles. The van der Waals surface area contributed by atoms with Gasteiger partial charge in [-0.15, -0.1) is 0 Å². The van der Waals surface area contributed by atoms with Crippen LogP contribution in [-0.2, 0) is 16.4 Å². The number of nitrogens with one attached hydrogen (secondary N) is 3. The van der Waals surface area contributed by atoms with E-state index in [9.17, 15) is 23.1 Å². The van der Waals surface area contributed by atoms with Crippen LogP contribution in [0.1, 0.15) is 57.7 Å². The average molecular weight is 579 g/mol. The second-order valence-electron chi connectivity index (χ2n) is 10.6. The molecule has 4 N–H and O–H groups in total. The molecule has 3 aromatic carbocycles. The van der Waals surface area contributed by atoms with Gasteiger partial charge in [-0.05, 0) is 62.1 Å². The Morgan fingerprint density at radius 3 is 2.12 bits per heavy atom. The molecule has 9 nitrogen and oxygen atoms in total. The molecule has 41 heavy (non-hydrogen) atoms. The largest absolute Gasteiger partial charge is 0.389 e. The Balaban J connectivity index is 1.64. The number of aliphatic hydroxyl groups is 1. The number of aliphatic hydroxyl groups excluding tert-OH is 1. The number of benzene rings is 3. The number of hydrogen-bond acceptors (Lipinski definition) is 6. The second kappa shape index (κ2) is 13.3. The molecule has 0 aliphatic carbocycles. The standard InChI is InChI=1S/C31H38N4O5S/c1-21(23-13-8-5-9-14-23)33-30(37)24-18-25(20-26(19-24)35(2)41(3,39)40)31(38)34-28(17-22-11-6-4-7-12-22)29(36)27-15-10-16-32-27/h4-9,11-14,18-21,27-29,32,36H,10,15-17H2,1-3H3,(H,33,37)(H,34,38)/t21-,27-,28?,29?/m1/s1. The zero-order valence-corrected chi connectivity index (χ0v) is 24.4. The second-order valence-corrected chi connectivity index (χ2v) is 12.6. The van der Waals surface area contributed by atoms with E-state index < -0.39 is 34.0 Å². The zero-order chi connectivity index (χ0) is 29.6. The van der Waals surface area contributed by atoms with Crippen LogP contribution in [0.25, 0.3) is 0 Å². The van der Waals surface area contributed by atoms with Crippen LogP contribution in [0, 0.1) is 0 Å². The van der Waals surface area contributed by atoms with Gasteiger partial charge in [0.05, 0.1) is 30.1 Å². The van der Waals surface area contributed by atoms with E-state index in [-0.39, 0.29) is 28.9 Å². The maximum atomic E-state index is 13.7. The number of carbonyl (C=O) groups is 2. The minimum atomic E-state index is -3.67. The highest BCUT2D eigenvalue weighted by atomic mass is 32.2. The Kier molecular flexibility index (Phi) is 9.80. The molecular formula is C31H38N4O5S. The molecule has 1 heterocycles. The van der Waals surface area contributed by atoms with E-state index in [0.717, 1.165) is 41.1 Å². The molecule has 218 valence electrons. The van der Waals surface area contributed by atoms with Crippen molar-refractivity contribution >= 4 is 27.5 Å². The molecule has 0 spiro atoms. The van der Waals surface area contributed by atoms with Gasteiger partial charge in [0.25, 0.3) is 11.8 Å². The van der Waals surface area contributed by atoms with Gasteiger partial charge in [-0.3, -0.25) is 13.9 Å². The van der Waals surface area contributed by atoms with E-state index in [2.05, 4.69) is 16.0 Å². The fourth-order valence-electron chi connectivity index (χ4n) is 5.01. The molecule has 0 radical (unpaired) electrons. The van der Waals surface area contributed by atoms with Crippen molar-refractivity contribution in [2.45, 2.75) is 50.4 Å². The lowest BCUT2D eigenvalue weighted by atomic mass is 9.95. The van der Waals surface area contributed by atoms with Crippen molar-refractivity contribution in [1.82, 2.24) is 16.0 Å². The molecular weight excluding hydrogens is 540 g/mol. The fraction of sp³-hybridized carbons (Fsp3) is 0.355. The van der Waals surface area contributed by atoms with E-state index >= 15 is 0 Å². The molecule has 4 atom stereocenters. The van der Waals surface area contributed by atoms with Crippen LogP contribution in [0.3, 0.4) is 0 Å². The molecule has 0 bridgehead atoms. The maximum absolute atomic E-state index is 13.7. The lowest BCUT2D eigenvalue weighted by Crippen LogP contribution is -2.52. The van der Waals surface area contributed by atoms with Gasteiger partial charge in [-0.1, -0.05) is 60.7 Å². The first-order chi connectivity index (χ1) is 19.5. The molecule has 4 rings (SSSR count). The molecule has 0 saturated carbocycles. The smallest absolute Gasteiger partial charge is 0.251 e. The van der Waals surface area contributed by atoms with Gasteiger partial charge in [-0.25, -0.2) is 8.42 Å². The van der Waals surface area contributed by atoms with Gasteiger partial charge in [0, 0.05) is 24.2 Å².